The molecule has 2 heterocycles. The number of nitrogens with one attached hydrogen (secondary N) is 1. The van der Waals surface area contributed by atoms with Crippen LogP contribution in [0.5, 0.6) is 0 Å². The maximum atomic E-state index is 13.1. The lowest BCUT2D eigenvalue weighted by Gasteiger charge is -2.37. The van der Waals surface area contributed by atoms with Crippen molar-refractivity contribution in [3.63, 3.8) is 0 Å². The molecule has 2 fully saturated rings. The Morgan fingerprint density at radius 2 is 2.05 bits per heavy atom. The van der Waals surface area contributed by atoms with Crippen molar-refractivity contribution in [2.75, 3.05) is 39.3 Å². The van der Waals surface area contributed by atoms with Crippen molar-refractivity contribution >= 4 is 15.9 Å². The molecule has 20 heavy (non-hydrogen) atoms. The van der Waals surface area contributed by atoms with Gasteiger partial charge in [-0.05, 0) is 30.7 Å². The van der Waals surface area contributed by atoms with Crippen LogP contribution in [0.4, 0.5) is 4.39 Å². The van der Waals surface area contributed by atoms with E-state index in [2.05, 4.69) is 31.0 Å². The van der Waals surface area contributed by atoms with Crippen LogP contribution in [-0.2, 0) is 6.54 Å². The molecule has 1 N–H and O–H groups in total. The normalized spacial score (nSPS) is 25.2. The molecular formula is C15H21BrFN3. The summed E-state index contributed by atoms with van der Waals surface area (Å²) in [5, 5.41) is 3.44. The molecule has 0 bridgehead atoms. The Hall–Kier alpha value is -0.490. The van der Waals surface area contributed by atoms with E-state index in [4.69, 9.17) is 0 Å². The Morgan fingerprint density at radius 1 is 1.25 bits per heavy atom. The zero-order chi connectivity index (χ0) is 13.9. The van der Waals surface area contributed by atoms with Gasteiger partial charge in [-0.1, -0.05) is 22.0 Å². The third-order valence-corrected chi connectivity index (χ3v) is 5.10. The fourth-order valence-electron chi connectivity index (χ4n) is 3.13. The molecule has 5 heteroatoms. The average molecular weight is 342 g/mol. The van der Waals surface area contributed by atoms with Crippen molar-refractivity contribution in [1.82, 2.24) is 15.1 Å². The predicted octanol–water partition coefficient (Wildman–Crippen LogP) is 2.07. The molecule has 0 spiro atoms. The number of hydrogen-bond acceptors (Lipinski definition) is 3. The van der Waals surface area contributed by atoms with E-state index in [-0.39, 0.29) is 5.82 Å². The van der Waals surface area contributed by atoms with E-state index in [0.29, 0.717) is 0 Å². The maximum Gasteiger partial charge on any atom is 0.124 e. The second-order valence-electron chi connectivity index (χ2n) is 5.69. The van der Waals surface area contributed by atoms with E-state index in [9.17, 15) is 4.39 Å². The molecule has 0 radical (unpaired) electrons. The molecule has 2 aliphatic rings. The number of piperazine rings is 1. The number of benzene rings is 1. The lowest BCUT2D eigenvalue weighted by atomic mass is 10.1. The monoisotopic (exact) mass is 341 g/mol. The Labute approximate surface area is 128 Å². The van der Waals surface area contributed by atoms with E-state index < -0.39 is 0 Å². The number of halogens is 2. The van der Waals surface area contributed by atoms with E-state index in [1.54, 1.807) is 12.1 Å². The number of hydrogen-bond donors (Lipinski definition) is 1. The first-order valence-corrected chi connectivity index (χ1v) is 8.13. The van der Waals surface area contributed by atoms with Crippen LogP contribution >= 0.6 is 15.9 Å². The standard InChI is InChI=1S/C15H21BrFN3/c16-15-9-13(17)2-1-12(15)11-19-5-7-20(8-6-19)14-3-4-18-10-14/h1-2,9,14,18H,3-8,10-11H2. The molecule has 1 atom stereocenters. The van der Waals surface area contributed by atoms with Crippen molar-refractivity contribution in [1.29, 1.82) is 0 Å². The van der Waals surface area contributed by atoms with Gasteiger partial charge < -0.3 is 5.32 Å². The first kappa shape index (κ1) is 14.4. The second-order valence-corrected chi connectivity index (χ2v) is 6.55. The highest BCUT2D eigenvalue weighted by atomic mass is 79.9. The highest BCUT2D eigenvalue weighted by Gasteiger charge is 2.26. The highest BCUT2D eigenvalue weighted by Crippen LogP contribution is 2.21. The fraction of sp³-hybridized carbons (Fsp3) is 0.600. The molecule has 3 rings (SSSR count). The molecule has 110 valence electrons. The Balaban J connectivity index is 1.53. The van der Waals surface area contributed by atoms with Gasteiger partial charge in [-0.25, -0.2) is 4.39 Å². The smallest absolute Gasteiger partial charge is 0.124 e. The summed E-state index contributed by atoms with van der Waals surface area (Å²) in [6, 6.07) is 5.71. The Morgan fingerprint density at radius 3 is 2.70 bits per heavy atom. The van der Waals surface area contributed by atoms with Crippen molar-refractivity contribution in [2.24, 2.45) is 0 Å². The minimum absolute atomic E-state index is 0.181. The van der Waals surface area contributed by atoms with Gasteiger partial charge in [0.15, 0.2) is 0 Å². The summed E-state index contributed by atoms with van der Waals surface area (Å²) in [5.74, 6) is -0.181. The van der Waals surface area contributed by atoms with Gasteiger partial charge in [0, 0.05) is 49.8 Å². The quantitative estimate of drug-likeness (QED) is 0.907. The lowest BCUT2D eigenvalue weighted by Crippen LogP contribution is -2.50. The average Bonchev–Trinajstić information content (AvgIpc) is 2.97. The molecule has 1 unspecified atom stereocenters. The van der Waals surface area contributed by atoms with Crippen molar-refractivity contribution in [2.45, 2.75) is 19.0 Å². The minimum Gasteiger partial charge on any atom is -0.315 e. The molecule has 2 aliphatic heterocycles. The summed E-state index contributed by atoms with van der Waals surface area (Å²) >= 11 is 3.45. The van der Waals surface area contributed by atoms with Gasteiger partial charge >= 0.3 is 0 Å². The van der Waals surface area contributed by atoms with Crippen LogP contribution in [0.1, 0.15) is 12.0 Å². The molecule has 0 saturated carbocycles. The van der Waals surface area contributed by atoms with Gasteiger partial charge in [0.2, 0.25) is 0 Å². The third kappa shape index (κ3) is 3.39. The van der Waals surface area contributed by atoms with Crippen LogP contribution in [0.2, 0.25) is 0 Å². The molecule has 0 aromatic heterocycles. The topological polar surface area (TPSA) is 18.5 Å². The first-order valence-electron chi connectivity index (χ1n) is 7.33. The molecular weight excluding hydrogens is 321 g/mol. The van der Waals surface area contributed by atoms with Gasteiger partial charge in [0.25, 0.3) is 0 Å². The van der Waals surface area contributed by atoms with E-state index in [1.807, 2.05) is 6.07 Å². The van der Waals surface area contributed by atoms with Crippen LogP contribution < -0.4 is 5.32 Å². The summed E-state index contributed by atoms with van der Waals surface area (Å²) in [6.45, 7) is 7.69. The highest BCUT2D eigenvalue weighted by molar-refractivity contribution is 9.10. The van der Waals surface area contributed by atoms with Gasteiger partial charge in [-0.2, -0.15) is 0 Å². The van der Waals surface area contributed by atoms with Crippen molar-refractivity contribution in [3.8, 4) is 0 Å². The molecule has 1 aromatic carbocycles. The lowest BCUT2D eigenvalue weighted by molar-refractivity contribution is 0.0980. The van der Waals surface area contributed by atoms with Crippen LogP contribution in [0.15, 0.2) is 22.7 Å². The largest absolute Gasteiger partial charge is 0.315 e. The molecule has 3 nitrogen and oxygen atoms in total. The maximum absolute atomic E-state index is 13.1. The fourth-order valence-corrected chi connectivity index (χ4v) is 3.60. The van der Waals surface area contributed by atoms with Crippen LogP contribution in [0.25, 0.3) is 0 Å². The van der Waals surface area contributed by atoms with E-state index in [0.717, 1.165) is 56.3 Å². The SMILES string of the molecule is Fc1ccc(CN2CCN(C3CCNC3)CC2)c(Br)c1. The molecule has 0 aliphatic carbocycles. The second kappa shape index (κ2) is 6.52. The van der Waals surface area contributed by atoms with E-state index >= 15 is 0 Å². The third-order valence-electron chi connectivity index (χ3n) is 4.37. The van der Waals surface area contributed by atoms with Crippen LogP contribution in [0.3, 0.4) is 0 Å². The van der Waals surface area contributed by atoms with Crippen LogP contribution in [0, 0.1) is 5.82 Å². The number of nitrogens with zero attached hydrogens (tertiary/aromatic N) is 2. The summed E-state index contributed by atoms with van der Waals surface area (Å²) in [7, 11) is 0. The molecule has 0 amide bonds. The zero-order valence-electron chi connectivity index (χ0n) is 11.6. The van der Waals surface area contributed by atoms with Crippen molar-refractivity contribution in [3.05, 3.63) is 34.1 Å². The van der Waals surface area contributed by atoms with Gasteiger partial charge in [-0.3, -0.25) is 9.80 Å². The van der Waals surface area contributed by atoms with Crippen molar-refractivity contribution < 1.29 is 4.39 Å². The molecule has 2 saturated heterocycles. The summed E-state index contributed by atoms with van der Waals surface area (Å²) in [4.78, 5) is 5.06. The van der Waals surface area contributed by atoms with Gasteiger partial charge in [0.1, 0.15) is 5.82 Å². The van der Waals surface area contributed by atoms with Gasteiger partial charge in [-0.15, -0.1) is 0 Å². The Bertz CT molecular complexity index is 454. The van der Waals surface area contributed by atoms with Crippen LogP contribution in [-0.4, -0.2) is 55.1 Å². The minimum atomic E-state index is -0.181. The van der Waals surface area contributed by atoms with E-state index in [1.165, 1.54) is 12.0 Å². The summed E-state index contributed by atoms with van der Waals surface area (Å²) in [6.07, 6.45) is 1.28. The summed E-state index contributed by atoms with van der Waals surface area (Å²) in [5.41, 5.74) is 1.17. The first-order chi connectivity index (χ1) is 9.72. The Kier molecular flexibility index (Phi) is 4.71. The predicted molar refractivity (Wildman–Crippen MR) is 82.2 cm³/mol. The zero-order valence-corrected chi connectivity index (χ0v) is 13.2. The van der Waals surface area contributed by atoms with Gasteiger partial charge in [0.05, 0.1) is 0 Å². The number of rotatable bonds is 3. The summed E-state index contributed by atoms with van der Waals surface area (Å²) < 4.78 is 14.0. The molecule has 1 aromatic rings.